The molecule has 180 valence electrons. The molecule has 4 nitrogen and oxygen atoms in total. The van der Waals surface area contributed by atoms with Gasteiger partial charge in [-0.1, -0.05) is 30.3 Å². The van der Waals surface area contributed by atoms with E-state index in [1.54, 1.807) is 37.3 Å². The number of likely N-dealkylation sites (tertiary alicyclic amines) is 1. The Morgan fingerprint density at radius 1 is 1.03 bits per heavy atom. The van der Waals surface area contributed by atoms with Gasteiger partial charge in [0.15, 0.2) is 0 Å². The number of hydrogen-bond acceptors (Lipinski definition) is 3. The number of ether oxygens (including phenoxy) is 2. The van der Waals surface area contributed by atoms with E-state index in [0.29, 0.717) is 37.1 Å². The van der Waals surface area contributed by atoms with E-state index in [0.717, 1.165) is 0 Å². The molecule has 1 heterocycles. The molecule has 0 radical (unpaired) electrons. The van der Waals surface area contributed by atoms with Gasteiger partial charge in [-0.15, -0.1) is 0 Å². The van der Waals surface area contributed by atoms with Crippen LogP contribution in [0, 0.1) is 0 Å². The van der Waals surface area contributed by atoms with Gasteiger partial charge in [-0.3, -0.25) is 4.90 Å². The summed E-state index contributed by atoms with van der Waals surface area (Å²) < 4.78 is 90.0. The molecule has 1 aliphatic rings. The minimum absolute atomic E-state index is 0.0805. The predicted molar refractivity (Wildman–Crippen MR) is 107 cm³/mol. The van der Waals surface area contributed by atoms with E-state index in [2.05, 4.69) is 0 Å². The van der Waals surface area contributed by atoms with Crippen molar-refractivity contribution in [1.29, 1.82) is 0 Å². The minimum Gasteiger partial charge on any atom is -0.453 e. The number of methoxy groups -OCH3 is 1. The van der Waals surface area contributed by atoms with E-state index in [-0.39, 0.29) is 11.6 Å². The van der Waals surface area contributed by atoms with Gasteiger partial charge in [0.05, 0.1) is 36.5 Å². The first-order valence-corrected chi connectivity index (χ1v) is 10.2. The van der Waals surface area contributed by atoms with Gasteiger partial charge in [-0.25, -0.2) is 4.79 Å². The first-order valence-electron chi connectivity index (χ1n) is 10.2. The molecule has 0 spiro atoms. The number of carbonyl (C=O) groups excluding carboxylic acids is 1. The predicted octanol–water partition coefficient (Wildman–Crippen LogP) is 6.39. The molecule has 0 aliphatic carbocycles. The van der Waals surface area contributed by atoms with Gasteiger partial charge >= 0.3 is 18.4 Å². The highest BCUT2D eigenvalue weighted by Gasteiger charge is 2.47. The van der Waals surface area contributed by atoms with E-state index >= 15 is 0 Å². The zero-order valence-electron chi connectivity index (χ0n) is 18.0. The van der Waals surface area contributed by atoms with Gasteiger partial charge in [0.2, 0.25) is 0 Å². The fourth-order valence-electron chi connectivity index (χ4n) is 4.18. The van der Waals surface area contributed by atoms with Gasteiger partial charge in [0.1, 0.15) is 0 Å². The van der Waals surface area contributed by atoms with Gasteiger partial charge in [0, 0.05) is 6.54 Å². The number of halogens is 6. The number of benzene rings is 2. The highest BCUT2D eigenvalue weighted by Crippen LogP contribution is 2.41. The number of amides is 1. The van der Waals surface area contributed by atoms with Crippen LogP contribution in [-0.2, 0) is 34.0 Å². The maximum atomic E-state index is 13.2. The summed E-state index contributed by atoms with van der Waals surface area (Å²) in [6, 6.07) is 10.3. The molecular weight excluding hydrogens is 452 g/mol. The van der Waals surface area contributed by atoms with Crippen LogP contribution in [0.4, 0.5) is 31.1 Å². The Morgan fingerprint density at radius 3 is 2.12 bits per heavy atom. The molecule has 2 aromatic carbocycles. The monoisotopic (exact) mass is 475 g/mol. The van der Waals surface area contributed by atoms with Crippen LogP contribution in [0.15, 0.2) is 48.5 Å². The van der Waals surface area contributed by atoms with Crippen LogP contribution in [0.5, 0.6) is 0 Å². The van der Waals surface area contributed by atoms with Gasteiger partial charge < -0.3 is 9.47 Å². The van der Waals surface area contributed by atoms with Gasteiger partial charge in [-0.2, -0.15) is 26.3 Å². The molecule has 1 saturated heterocycles. The Labute approximate surface area is 187 Å². The standard InChI is InChI=1S/C23H23F6NO3/c1-21(16-7-4-3-5-8-16)19(9-6-10-30(21)20(31)32-2)33-14-15-11-17(22(24,25)26)13-18(12-15)23(27,28)29/h3-5,7-8,11-13,19H,6,9-10,14H2,1-2H3/t19-,21-/m0/s1. The van der Waals surface area contributed by atoms with Crippen molar-refractivity contribution in [2.75, 3.05) is 13.7 Å². The lowest BCUT2D eigenvalue weighted by molar-refractivity contribution is -0.143. The number of hydrogen-bond donors (Lipinski definition) is 0. The average Bonchev–Trinajstić information content (AvgIpc) is 2.77. The zero-order valence-corrected chi connectivity index (χ0v) is 18.0. The number of piperidine rings is 1. The Morgan fingerprint density at radius 2 is 1.61 bits per heavy atom. The molecule has 0 unspecified atom stereocenters. The second kappa shape index (κ2) is 9.24. The van der Waals surface area contributed by atoms with E-state index < -0.39 is 47.8 Å². The third kappa shape index (κ3) is 5.26. The Hall–Kier alpha value is -2.75. The largest absolute Gasteiger partial charge is 0.453 e. The van der Waals surface area contributed by atoms with Crippen LogP contribution < -0.4 is 0 Å². The molecule has 1 amide bonds. The third-order valence-corrected chi connectivity index (χ3v) is 5.89. The fourth-order valence-corrected chi connectivity index (χ4v) is 4.18. The Bertz CT molecular complexity index is 944. The summed E-state index contributed by atoms with van der Waals surface area (Å²) in [7, 11) is 1.24. The van der Waals surface area contributed by atoms with Crippen molar-refractivity contribution in [3.05, 3.63) is 70.8 Å². The normalized spacial score (nSPS) is 21.7. The lowest BCUT2D eigenvalue weighted by Crippen LogP contribution is -2.58. The van der Waals surface area contributed by atoms with Crippen molar-refractivity contribution < 1.29 is 40.6 Å². The molecule has 1 fully saturated rings. The number of rotatable bonds is 4. The summed E-state index contributed by atoms with van der Waals surface area (Å²) in [5, 5.41) is 0. The molecule has 0 saturated carbocycles. The minimum atomic E-state index is -4.94. The SMILES string of the molecule is COC(=O)N1CCC[C@H](OCc2cc(C(F)(F)F)cc(C(F)(F)F)c2)[C@]1(C)c1ccccc1. The second-order valence-corrected chi connectivity index (χ2v) is 7.99. The van der Waals surface area contributed by atoms with E-state index in [1.165, 1.54) is 12.0 Å². The highest BCUT2D eigenvalue weighted by molar-refractivity contribution is 5.69. The number of alkyl halides is 6. The van der Waals surface area contributed by atoms with Gasteiger partial charge in [0.25, 0.3) is 0 Å². The molecule has 1 aliphatic heterocycles. The summed E-state index contributed by atoms with van der Waals surface area (Å²) in [5.74, 6) is 0. The first-order chi connectivity index (χ1) is 15.4. The molecular formula is C23H23F6NO3. The van der Waals surface area contributed by atoms with Crippen molar-refractivity contribution in [3.8, 4) is 0 Å². The Kier molecular flexibility index (Phi) is 6.97. The first kappa shape index (κ1) is 24.9. The maximum Gasteiger partial charge on any atom is 0.416 e. The summed E-state index contributed by atoms with van der Waals surface area (Å²) in [4.78, 5) is 14.0. The quantitative estimate of drug-likeness (QED) is 0.482. The summed E-state index contributed by atoms with van der Waals surface area (Å²) in [5.41, 5.74) is -3.40. The van der Waals surface area contributed by atoms with Crippen LogP contribution in [0.3, 0.4) is 0 Å². The summed E-state index contributed by atoms with van der Waals surface area (Å²) in [6.45, 7) is 1.62. The molecule has 0 N–H and O–H groups in total. The van der Waals surface area contributed by atoms with Crippen LogP contribution >= 0.6 is 0 Å². The molecule has 3 rings (SSSR count). The van der Waals surface area contributed by atoms with Crippen molar-refractivity contribution in [2.45, 2.75) is 50.4 Å². The lowest BCUT2D eigenvalue weighted by Gasteiger charge is -2.49. The number of nitrogens with zero attached hydrogens (tertiary/aromatic N) is 1. The topological polar surface area (TPSA) is 38.8 Å². The molecule has 2 aromatic rings. The second-order valence-electron chi connectivity index (χ2n) is 7.99. The molecule has 0 bridgehead atoms. The van der Waals surface area contributed by atoms with Crippen LogP contribution in [-0.4, -0.2) is 30.8 Å². The zero-order chi connectivity index (χ0) is 24.4. The lowest BCUT2D eigenvalue weighted by atomic mass is 9.79. The summed E-state index contributed by atoms with van der Waals surface area (Å²) in [6.07, 6.45) is -10.2. The van der Waals surface area contributed by atoms with Crippen LogP contribution in [0.25, 0.3) is 0 Å². The van der Waals surface area contributed by atoms with Crippen LogP contribution in [0.1, 0.15) is 42.0 Å². The van der Waals surface area contributed by atoms with Crippen molar-refractivity contribution in [1.82, 2.24) is 4.90 Å². The average molecular weight is 475 g/mol. The van der Waals surface area contributed by atoms with Crippen molar-refractivity contribution >= 4 is 6.09 Å². The maximum absolute atomic E-state index is 13.2. The molecule has 0 aromatic heterocycles. The van der Waals surface area contributed by atoms with Crippen molar-refractivity contribution in [2.24, 2.45) is 0 Å². The smallest absolute Gasteiger partial charge is 0.416 e. The highest BCUT2D eigenvalue weighted by atomic mass is 19.4. The summed E-state index contributed by atoms with van der Waals surface area (Å²) >= 11 is 0. The molecule has 2 atom stereocenters. The van der Waals surface area contributed by atoms with Crippen LogP contribution in [0.2, 0.25) is 0 Å². The van der Waals surface area contributed by atoms with Crippen molar-refractivity contribution in [3.63, 3.8) is 0 Å². The van der Waals surface area contributed by atoms with E-state index in [1.807, 2.05) is 0 Å². The van der Waals surface area contributed by atoms with E-state index in [4.69, 9.17) is 9.47 Å². The molecule has 33 heavy (non-hydrogen) atoms. The van der Waals surface area contributed by atoms with E-state index in [9.17, 15) is 31.1 Å². The Balaban J connectivity index is 1.95. The number of carbonyl (C=O) groups is 1. The fraction of sp³-hybridized carbons (Fsp3) is 0.435. The molecule has 10 heteroatoms. The van der Waals surface area contributed by atoms with Gasteiger partial charge in [-0.05, 0) is 49.1 Å². The third-order valence-electron chi connectivity index (χ3n) is 5.89.